The monoisotopic (exact) mass is 393 g/mol. The predicted octanol–water partition coefficient (Wildman–Crippen LogP) is 4.39. The SMILES string of the molecule is CC1=C(C(=O)Nc2cccnc2)C(c2cccs2)C2=C(CC(C)(C)CC2=O)N1. The minimum Gasteiger partial charge on any atom is -0.362 e. The normalized spacial score (nSPS) is 21.2. The predicted molar refractivity (Wildman–Crippen MR) is 111 cm³/mol. The van der Waals surface area contributed by atoms with Crippen molar-refractivity contribution in [3.8, 4) is 0 Å². The Morgan fingerprint density at radius 3 is 2.79 bits per heavy atom. The van der Waals surface area contributed by atoms with Crippen molar-refractivity contribution in [3.05, 3.63) is 69.5 Å². The summed E-state index contributed by atoms with van der Waals surface area (Å²) < 4.78 is 0. The Labute approximate surface area is 168 Å². The number of nitrogens with one attached hydrogen (secondary N) is 2. The third-order valence-electron chi connectivity index (χ3n) is 5.23. The molecule has 1 atom stereocenters. The number of allylic oxidation sites excluding steroid dienone is 3. The molecule has 1 aliphatic heterocycles. The van der Waals surface area contributed by atoms with Gasteiger partial charge in [0.1, 0.15) is 0 Å². The third kappa shape index (κ3) is 3.40. The van der Waals surface area contributed by atoms with Gasteiger partial charge in [-0.2, -0.15) is 0 Å². The van der Waals surface area contributed by atoms with E-state index in [1.165, 1.54) is 0 Å². The fraction of sp³-hybridized carbons (Fsp3) is 0.318. The van der Waals surface area contributed by atoms with Crippen LogP contribution in [-0.4, -0.2) is 16.7 Å². The first-order valence-electron chi connectivity index (χ1n) is 9.34. The molecule has 3 heterocycles. The highest BCUT2D eigenvalue weighted by atomic mass is 32.1. The van der Waals surface area contributed by atoms with E-state index in [-0.39, 0.29) is 23.0 Å². The maximum absolute atomic E-state index is 13.2. The molecule has 144 valence electrons. The van der Waals surface area contributed by atoms with Crippen molar-refractivity contribution in [1.82, 2.24) is 10.3 Å². The lowest BCUT2D eigenvalue weighted by Gasteiger charge is -2.39. The minimum atomic E-state index is -0.337. The number of dihydropyridines is 1. The smallest absolute Gasteiger partial charge is 0.254 e. The largest absolute Gasteiger partial charge is 0.362 e. The summed E-state index contributed by atoms with van der Waals surface area (Å²) in [7, 11) is 0. The van der Waals surface area contributed by atoms with Crippen LogP contribution in [0, 0.1) is 5.41 Å². The molecule has 2 aromatic heterocycles. The fourth-order valence-corrected chi connectivity index (χ4v) is 4.96. The Kier molecular flexibility index (Phi) is 4.67. The zero-order chi connectivity index (χ0) is 19.9. The second-order valence-corrected chi connectivity index (χ2v) is 9.12. The van der Waals surface area contributed by atoms with E-state index in [2.05, 4.69) is 29.5 Å². The lowest BCUT2D eigenvalue weighted by atomic mass is 9.69. The molecule has 0 spiro atoms. The molecule has 0 bridgehead atoms. The van der Waals surface area contributed by atoms with Gasteiger partial charge in [-0.1, -0.05) is 19.9 Å². The second kappa shape index (κ2) is 7.02. The molecule has 1 unspecified atom stereocenters. The van der Waals surface area contributed by atoms with E-state index in [0.717, 1.165) is 28.3 Å². The fourth-order valence-electron chi connectivity index (χ4n) is 4.11. The Bertz CT molecular complexity index is 988. The first-order chi connectivity index (χ1) is 13.4. The van der Waals surface area contributed by atoms with Crippen LogP contribution in [0.1, 0.15) is 44.4 Å². The molecule has 2 aliphatic rings. The van der Waals surface area contributed by atoms with Crippen molar-refractivity contribution in [2.45, 2.75) is 39.5 Å². The summed E-state index contributed by atoms with van der Waals surface area (Å²) in [5.41, 5.74) is 3.63. The van der Waals surface area contributed by atoms with Gasteiger partial charge in [0.25, 0.3) is 5.91 Å². The molecule has 2 aromatic rings. The molecule has 6 heteroatoms. The van der Waals surface area contributed by atoms with E-state index >= 15 is 0 Å². The van der Waals surface area contributed by atoms with Gasteiger partial charge in [-0.3, -0.25) is 14.6 Å². The van der Waals surface area contributed by atoms with Crippen molar-refractivity contribution < 1.29 is 9.59 Å². The molecular weight excluding hydrogens is 370 g/mol. The molecule has 5 nitrogen and oxygen atoms in total. The highest BCUT2D eigenvalue weighted by Crippen LogP contribution is 2.47. The van der Waals surface area contributed by atoms with Crippen molar-refractivity contribution in [3.63, 3.8) is 0 Å². The molecule has 1 amide bonds. The molecule has 0 saturated heterocycles. The molecular formula is C22H23N3O2S. The summed E-state index contributed by atoms with van der Waals surface area (Å²) in [6.45, 7) is 6.13. The van der Waals surface area contributed by atoms with Gasteiger partial charge in [0.15, 0.2) is 5.78 Å². The number of pyridine rings is 1. The highest BCUT2D eigenvalue weighted by molar-refractivity contribution is 7.10. The van der Waals surface area contributed by atoms with Crippen LogP contribution in [0.3, 0.4) is 0 Å². The minimum absolute atomic E-state index is 0.0847. The Balaban J connectivity index is 1.78. The molecule has 1 aliphatic carbocycles. The molecule has 0 saturated carbocycles. The van der Waals surface area contributed by atoms with Crippen LogP contribution < -0.4 is 10.6 Å². The van der Waals surface area contributed by atoms with Crippen LogP contribution in [0.15, 0.2) is 64.6 Å². The topological polar surface area (TPSA) is 71.1 Å². The van der Waals surface area contributed by atoms with Gasteiger partial charge in [0, 0.05) is 40.0 Å². The van der Waals surface area contributed by atoms with Gasteiger partial charge < -0.3 is 10.6 Å². The number of nitrogens with zero attached hydrogens (tertiary/aromatic N) is 1. The van der Waals surface area contributed by atoms with E-state index in [9.17, 15) is 9.59 Å². The lowest BCUT2D eigenvalue weighted by molar-refractivity contribution is -0.118. The van der Waals surface area contributed by atoms with Crippen LogP contribution >= 0.6 is 11.3 Å². The summed E-state index contributed by atoms with van der Waals surface area (Å²) in [6, 6.07) is 7.55. The summed E-state index contributed by atoms with van der Waals surface area (Å²) in [6.07, 6.45) is 4.57. The number of thiophene rings is 1. The van der Waals surface area contributed by atoms with Crippen LogP contribution in [0.25, 0.3) is 0 Å². The van der Waals surface area contributed by atoms with E-state index in [4.69, 9.17) is 0 Å². The zero-order valence-corrected chi connectivity index (χ0v) is 17.0. The number of Topliss-reactive ketones (excluding diaryl/α,β-unsaturated/α-hetero) is 1. The second-order valence-electron chi connectivity index (χ2n) is 8.14. The summed E-state index contributed by atoms with van der Waals surface area (Å²) >= 11 is 1.58. The van der Waals surface area contributed by atoms with Crippen LogP contribution in [0.5, 0.6) is 0 Å². The van der Waals surface area contributed by atoms with Gasteiger partial charge in [-0.05, 0) is 42.3 Å². The standard InChI is InChI=1S/C22H23N3O2S/c1-13-18(21(27)25-14-6-4-8-23-12-14)20(17-7-5-9-28-17)19-15(24-13)10-22(2,3)11-16(19)26/h4-9,12,20,24H,10-11H2,1-3H3,(H,25,27). The number of aromatic nitrogens is 1. The number of ketones is 1. The van der Waals surface area contributed by atoms with Crippen molar-refractivity contribution in [1.29, 1.82) is 0 Å². The van der Waals surface area contributed by atoms with E-state index in [1.54, 1.807) is 35.9 Å². The number of rotatable bonds is 3. The van der Waals surface area contributed by atoms with Crippen LogP contribution in [0.4, 0.5) is 5.69 Å². The maximum atomic E-state index is 13.2. The van der Waals surface area contributed by atoms with Crippen molar-refractivity contribution >= 4 is 28.7 Å². The Morgan fingerprint density at radius 2 is 2.11 bits per heavy atom. The zero-order valence-electron chi connectivity index (χ0n) is 16.2. The van der Waals surface area contributed by atoms with E-state index < -0.39 is 0 Å². The third-order valence-corrected chi connectivity index (χ3v) is 6.17. The van der Waals surface area contributed by atoms with Gasteiger partial charge in [0.2, 0.25) is 0 Å². The Morgan fingerprint density at radius 1 is 1.29 bits per heavy atom. The summed E-state index contributed by atoms with van der Waals surface area (Å²) in [5.74, 6) is -0.423. The van der Waals surface area contributed by atoms with Crippen molar-refractivity contribution in [2.24, 2.45) is 5.41 Å². The molecule has 2 N–H and O–H groups in total. The van der Waals surface area contributed by atoms with Crippen molar-refractivity contribution in [2.75, 3.05) is 5.32 Å². The molecule has 0 radical (unpaired) electrons. The van der Waals surface area contributed by atoms with Crippen LogP contribution in [0.2, 0.25) is 0 Å². The average molecular weight is 394 g/mol. The van der Waals surface area contributed by atoms with Crippen LogP contribution in [-0.2, 0) is 9.59 Å². The Hall–Kier alpha value is -2.73. The average Bonchev–Trinajstić information content (AvgIpc) is 3.14. The summed E-state index contributed by atoms with van der Waals surface area (Å²) in [4.78, 5) is 31.4. The van der Waals surface area contributed by atoms with Gasteiger partial charge in [-0.25, -0.2) is 0 Å². The molecule has 4 rings (SSSR count). The lowest BCUT2D eigenvalue weighted by Crippen LogP contribution is -2.39. The van der Waals surface area contributed by atoms with Gasteiger partial charge in [0.05, 0.1) is 17.8 Å². The van der Waals surface area contributed by atoms with E-state index in [1.807, 2.05) is 24.4 Å². The number of hydrogen-bond donors (Lipinski definition) is 2. The quantitative estimate of drug-likeness (QED) is 0.811. The molecule has 0 aromatic carbocycles. The molecule has 0 fully saturated rings. The first-order valence-corrected chi connectivity index (χ1v) is 10.2. The molecule has 28 heavy (non-hydrogen) atoms. The first kappa shape index (κ1) is 18.6. The van der Waals surface area contributed by atoms with Gasteiger partial charge in [-0.15, -0.1) is 11.3 Å². The number of amides is 1. The number of carbonyl (C=O) groups is 2. The number of anilines is 1. The summed E-state index contributed by atoms with van der Waals surface area (Å²) in [5, 5.41) is 8.30. The van der Waals surface area contributed by atoms with E-state index in [0.29, 0.717) is 17.7 Å². The highest BCUT2D eigenvalue weighted by Gasteiger charge is 2.43. The number of hydrogen-bond acceptors (Lipinski definition) is 5. The van der Waals surface area contributed by atoms with Gasteiger partial charge >= 0.3 is 0 Å². The maximum Gasteiger partial charge on any atom is 0.254 e. The number of carbonyl (C=O) groups excluding carboxylic acids is 2.